The SMILES string of the molecule is O=C1OCCCCn2cc3c(n2)CC1CC3. The number of rotatable bonds is 0. The van der Waals surface area contributed by atoms with E-state index in [2.05, 4.69) is 11.3 Å². The van der Waals surface area contributed by atoms with Gasteiger partial charge in [-0.25, -0.2) is 0 Å². The fourth-order valence-electron chi connectivity index (χ4n) is 2.53. The van der Waals surface area contributed by atoms with E-state index in [0.29, 0.717) is 6.61 Å². The number of aromatic nitrogens is 2. The highest BCUT2D eigenvalue weighted by Gasteiger charge is 2.28. The van der Waals surface area contributed by atoms with Crippen LogP contribution < -0.4 is 0 Å². The molecule has 86 valence electrons. The number of carbonyl (C=O) groups is 1. The van der Waals surface area contributed by atoms with Crippen molar-refractivity contribution in [2.45, 2.75) is 38.6 Å². The summed E-state index contributed by atoms with van der Waals surface area (Å²) < 4.78 is 7.31. The largest absolute Gasteiger partial charge is 0.465 e. The molecule has 0 spiro atoms. The van der Waals surface area contributed by atoms with Crippen LogP contribution in [0.3, 0.4) is 0 Å². The zero-order valence-electron chi connectivity index (χ0n) is 9.32. The van der Waals surface area contributed by atoms with E-state index in [0.717, 1.165) is 44.3 Å². The Bertz CT molecular complexity index is 411. The van der Waals surface area contributed by atoms with E-state index in [1.165, 1.54) is 5.56 Å². The second-order valence-electron chi connectivity index (χ2n) is 4.68. The van der Waals surface area contributed by atoms with Gasteiger partial charge in [0, 0.05) is 19.2 Å². The lowest BCUT2D eigenvalue weighted by atomic mass is 9.88. The summed E-state index contributed by atoms with van der Waals surface area (Å²) in [6.45, 7) is 1.50. The number of cyclic esters (lactones) is 1. The Balaban J connectivity index is 1.91. The van der Waals surface area contributed by atoms with Crippen molar-refractivity contribution >= 4 is 5.97 Å². The van der Waals surface area contributed by atoms with Gasteiger partial charge in [-0.15, -0.1) is 0 Å². The van der Waals surface area contributed by atoms with Crippen LogP contribution in [-0.2, 0) is 28.9 Å². The summed E-state index contributed by atoms with van der Waals surface area (Å²) in [4.78, 5) is 11.8. The molecule has 0 N–H and O–H groups in total. The summed E-state index contributed by atoms with van der Waals surface area (Å²) in [6.07, 6.45) is 6.76. The molecule has 3 rings (SSSR count). The maximum absolute atomic E-state index is 11.8. The van der Waals surface area contributed by atoms with Gasteiger partial charge in [-0.2, -0.15) is 5.10 Å². The zero-order chi connectivity index (χ0) is 11.0. The summed E-state index contributed by atoms with van der Waals surface area (Å²) in [5.41, 5.74) is 2.43. The molecule has 1 aromatic heterocycles. The minimum absolute atomic E-state index is 0.0258. The van der Waals surface area contributed by atoms with Gasteiger partial charge in [-0.1, -0.05) is 0 Å². The van der Waals surface area contributed by atoms with E-state index in [4.69, 9.17) is 4.74 Å². The number of hydrogen-bond acceptors (Lipinski definition) is 3. The van der Waals surface area contributed by atoms with Crippen LogP contribution in [0.5, 0.6) is 0 Å². The summed E-state index contributed by atoms with van der Waals surface area (Å²) in [5.74, 6) is 0.0102. The molecule has 16 heavy (non-hydrogen) atoms. The molecule has 0 aromatic carbocycles. The average molecular weight is 220 g/mol. The standard InChI is InChI=1S/C12H16N2O2/c15-12-9-3-4-10-8-14(13-11(10)7-9)5-1-2-6-16-12/h8-9H,1-7H2. The van der Waals surface area contributed by atoms with Crippen molar-refractivity contribution in [1.29, 1.82) is 0 Å². The van der Waals surface area contributed by atoms with Crippen LogP contribution in [0.4, 0.5) is 0 Å². The van der Waals surface area contributed by atoms with Crippen molar-refractivity contribution in [3.05, 3.63) is 17.5 Å². The fourth-order valence-corrected chi connectivity index (χ4v) is 2.53. The second-order valence-corrected chi connectivity index (χ2v) is 4.68. The number of ether oxygens (including phenoxy) is 1. The molecule has 0 radical (unpaired) electrons. The topological polar surface area (TPSA) is 44.1 Å². The Hall–Kier alpha value is -1.32. The first-order valence-electron chi connectivity index (χ1n) is 6.05. The van der Waals surface area contributed by atoms with Crippen molar-refractivity contribution in [3.63, 3.8) is 0 Å². The maximum Gasteiger partial charge on any atom is 0.309 e. The molecule has 0 amide bonds. The summed E-state index contributed by atoms with van der Waals surface area (Å²) in [7, 11) is 0. The van der Waals surface area contributed by atoms with Crippen LogP contribution in [0.25, 0.3) is 0 Å². The molecule has 1 aromatic rings. The Labute approximate surface area is 94.6 Å². The average Bonchev–Trinajstić information content (AvgIpc) is 2.67. The van der Waals surface area contributed by atoms with Gasteiger partial charge in [-0.3, -0.25) is 9.48 Å². The third-order valence-electron chi connectivity index (χ3n) is 3.49. The third kappa shape index (κ3) is 1.72. The normalized spacial score (nSPS) is 25.0. The Morgan fingerprint density at radius 2 is 2.38 bits per heavy atom. The van der Waals surface area contributed by atoms with Crippen molar-refractivity contribution in [2.75, 3.05) is 6.61 Å². The van der Waals surface area contributed by atoms with Gasteiger partial charge in [0.1, 0.15) is 0 Å². The highest BCUT2D eigenvalue weighted by atomic mass is 16.5. The molecule has 2 heterocycles. The van der Waals surface area contributed by atoms with Gasteiger partial charge >= 0.3 is 5.97 Å². The lowest BCUT2D eigenvalue weighted by Crippen LogP contribution is -2.24. The smallest absolute Gasteiger partial charge is 0.309 e. The van der Waals surface area contributed by atoms with Crippen LogP contribution >= 0.6 is 0 Å². The van der Waals surface area contributed by atoms with Crippen LogP contribution in [0.2, 0.25) is 0 Å². The number of esters is 1. The zero-order valence-corrected chi connectivity index (χ0v) is 9.32. The quantitative estimate of drug-likeness (QED) is 0.619. The van der Waals surface area contributed by atoms with Crippen molar-refractivity contribution in [1.82, 2.24) is 9.78 Å². The van der Waals surface area contributed by atoms with Crippen LogP contribution in [0.15, 0.2) is 6.20 Å². The molecule has 0 fully saturated rings. The van der Waals surface area contributed by atoms with Gasteiger partial charge in [-0.05, 0) is 31.2 Å². The van der Waals surface area contributed by atoms with Gasteiger partial charge in [0.15, 0.2) is 0 Å². The summed E-state index contributed by atoms with van der Waals surface area (Å²) >= 11 is 0. The lowest BCUT2D eigenvalue weighted by molar-refractivity contribution is -0.149. The highest BCUT2D eigenvalue weighted by Crippen LogP contribution is 2.26. The fraction of sp³-hybridized carbons (Fsp3) is 0.667. The van der Waals surface area contributed by atoms with Gasteiger partial charge < -0.3 is 4.74 Å². The first kappa shape index (κ1) is 9.87. The third-order valence-corrected chi connectivity index (χ3v) is 3.49. The minimum Gasteiger partial charge on any atom is -0.465 e. The van der Waals surface area contributed by atoms with Crippen LogP contribution in [0.1, 0.15) is 30.5 Å². The predicted octanol–water partition coefficient (Wildman–Crippen LogP) is 1.33. The summed E-state index contributed by atoms with van der Waals surface area (Å²) in [5, 5.41) is 4.56. The van der Waals surface area contributed by atoms with E-state index in [9.17, 15) is 4.79 Å². The Morgan fingerprint density at radius 3 is 3.31 bits per heavy atom. The number of aryl methyl sites for hydroxylation is 2. The first-order valence-corrected chi connectivity index (χ1v) is 6.05. The number of carbonyl (C=O) groups excluding carboxylic acids is 1. The molecule has 1 aliphatic heterocycles. The number of fused-ring (bicyclic) bond motifs is 2. The molecule has 1 aliphatic carbocycles. The van der Waals surface area contributed by atoms with Crippen molar-refractivity contribution < 1.29 is 9.53 Å². The summed E-state index contributed by atoms with van der Waals surface area (Å²) in [6, 6.07) is 0. The molecule has 4 nitrogen and oxygen atoms in total. The van der Waals surface area contributed by atoms with Crippen molar-refractivity contribution in [3.8, 4) is 0 Å². The van der Waals surface area contributed by atoms with Crippen LogP contribution in [-0.4, -0.2) is 22.4 Å². The second kappa shape index (κ2) is 3.92. The van der Waals surface area contributed by atoms with Gasteiger partial charge in [0.25, 0.3) is 0 Å². The number of hydrogen-bond donors (Lipinski definition) is 0. The van der Waals surface area contributed by atoms with Crippen LogP contribution in [0, 0.1) is 5.92 Å². The first-order chi connectivity index (χ1) is 7.83. The minimum atomic E-state index is -0.0258. The highest BCUT2D eigenvalue weighted by molar-refractivity contribution is 5.73. The van der Waals surface area contributed by atoms with Gasteiger partial charge in [0.2, 0.25) is 0 Å². The molecule has 3 bridgehead atoms. The molecule has 2 aliphatic rings. The van der Waals surface area contributed by atoms with Crippen molar-refractivity contribution in [2.24, 2.45) is 5.92 Å². The van der Waals surface area contributed by atoms with E-state index >= 15 is 0 Å². The predicted molar refractivity (Wildman–Crippen MR) is 57.9 cm³/mol. The van der Waals surface area contributed by atoms with E-state index in [1.807, 2.05) is 4.68 Å². The Morgan fingerprint density at radius 1 is 1.44 bits per heavy atom. The monoisotopic (exact) mass is 220 g/mol. The van der Waals surface area contributed by atoms with E-state index in [-0.39, 0.29) is 11.9 Å². The molecular formula is C12H16N2O2. The molecule has 4 heteroatoms. The maximum atomic E-state index is 11.8. The van der Waals surface area contributed by atoms with E-state index in [1.54, 1.807) is 0 Å². The molecular weight excluding hydrogens is 204 g/mol. The lowest BCUT2D eigenvalue weighted by Gasteiger charge is -2.19. The van der Waals surface area contributed by atoms with E-state index < -0.39 is 0 Å². The Kier molecular flexibility index (Phi) is 2.42. The molecule has 0 saturated heterocycles. The molecule has 1 atom stereocenters. The molecule has 0 saturated carbocycles. The molecule has 1 unspecified atom stereocenters. The number of nitrogens with zero attached hydrogens (tertiary/aromatic N) is 2. The van der Waals surface area contributed by atoms with Gasteiger partial charge in [0.05, 0.1) is 18.2 Å².